The first-order valence-corrected chi connectivity index (χ1v) is 8.24. The minimum Gasteiger partial charge on any atom is -0.497 e. The van der Waals surface area contributed by atoms with E-state index in [9.17, 15) is 4.79 Å². The van der Waals surface area contributed by atoms with Gasteiger partial charge in [0, 0.05) is 16.5 Å². The van der Waals surface area contributed by atoms with Gasteiger partial charge in [0.25, 0.3) is 5.56 Å². The fourth-order valence-electron chi connectivity index (χ4n) is 2.27. The summed E-state index contributed by atoms with van der Waals surface area (Å²) in [5.41, 5.74) is 0.560. The zero-order chi connectivity index (χ0) is 17.1. The second-order valence-electron chi connectivity index (χ2n) is 5.03. The van der Waals surface area contributed by atoms with E-state index in [1.54, 1.807) is 32.6 Å². The summed E-state index contributed by atoms with van der Waals surface area (Å²) in [6, 6.07) is 7.27. The molecular weight excluding hydrogens is 326 g/mol. The number of hydrogen-bond donors (Lipinski definition) is 0. The third-order valence-electron chi connectivity index (χ3n) is 3.60. The van der Waals surface area contributed by atoms with Crippen LogP contribution < -0.4 is 15.0 Å². The first-order valence-electron chi connectivity index (χ1n) is 7.42. The topological polar surface area (TPSA) is 65.7 Å². The van der Waals surface area contributed by atoms with Crippen LogP contribution in [0.15, 0.2) is 40.5 Å². The summed E-state index contributed by atoms with van der Waals surface area (Å²) in [5.74, 6) is 1.30. The molecular formula is C17H17N3O3S. The van der Waals surface area contributed by atoms with Gasteiger partial charge < -0.3 is 9.47 Å². The zero-order valence-electron chi connectivity index (χ0n) is 13.6. The summed E-state index contributed by atoms with van der Waals surface area (Å²) < 4.78 is 11.7. The van der Waals surface area contributed by atoms with Crippen molar-refractivity contribution >= 4 is 27.8 Å². The van der Waals surface area contributed by atoms with Gasteiger partial charge in [-0.05, 0) is 24.6 Å². The molecule has 0 saturated heterocycles. The van der Waals surface area contributed by atoms with Gasteiger partial charge in [-0.1, -0.05) is 6.92 Å². The van der Waals surface area contributed by atoms with Crippen molar-refractivity contribution in [2.24, 2.45) is 5.10 Å². The van der Waals surface area contributed by atoms with Crippen molar-refractivity contribution in [2.45, 2.75) is 13.3 Å². The summed E-state index contributed by atoms with van der Waals surface area (Å²) in [6.45, 7) is 2.05. The predicted molar refractivity (Wildman–Crippen MR) is 95.8 cm³/mol. The molecule has 0 saturated carbocycles. The molecule has 0 aliphatic carbocycles. The van der Waals surface area contributed by atoms with Crippen LogP contribution in [0.25, 0.3) is 10.2 Å². The standard InChI is InChI=1S/C17H17N3O3S/c1-4-13-8-14-16(24-13)18-10-20(17(14)21)19-9-11-5-6-12(22-2)7-15(11)23-3/h5-10H,4H2,1-3H3/b19-9-. The van der Waals surface area contributed by atoms with Crippen LogP contribution >= 0.6 is 11.3 Å². The largest absolute Gasteiger partial charge is 0.497 e. The highest BCUT2D eigenvalue weighted by Crippen LogP contribution is 2.23. The van der Waals surface area contributed by atoms with Crippen LogP contribution in [0.2, 0.25) is 0 Å². The number of aromatic nitrogens is 2. The second kappa shape index (κ2) is 6.84. The highest BCUT2D eigenvalue weighted by atomic mass is 32.1. The quantitative estimate of drug-likeness (QED) is 0.668. The summed E-state index contributed by atoms with van der Waals surface area (Å²) in [5, 5.41) is 4.82. The van der Waals surface area contributed by atoms with Gasteiger partial charge in [0.05, 0.1) is 25.8 Å². The summed E-state index contributed by atoms with van der Waals surface area (Å²) >= 11 is 1.53. The van der Waals surface area contributed by atoms with Crippen molar-refractivity contribution in [3.05, 3.63) is 51.4 Å². The van der Waals surface area contributed by atoms with Crippen LogP contribution in [0.4, 0.5) is 0 Å². The molecule has 2 aromatic heterocycles. The van der Waals surface area contributed by atoms with Gasteiger partial charge in [-0.3, -0.25) is 4.79 Å². The van der Waals surface area contributed by atoms with Crippen LogP contribution in [0.5, 0.6) is 11.5 Å². The molecule has 0 aliphatic heterocycles. The average Bonchev–Trinajstić information content (AvgIpc) is 3.05. The molecule has 3 rings (SSSR count). The van der Waals surface area contributed by atoms with E-state index < -0.39 is 0 Å². The maximum atomic E-state index is 12.5. The number of hydrogen-bond acceptors (Lipinski definition) is 6. The number of rotatable bonds is 5. The van der Waals surface area contributed by atoms with E-state index in [0.29, 0.717) is 16.9 Å². The molecule has 1 aromatic carbocycles. The third-order valence-corrected chi connectivity index (χ3v) is 4.78. The molecule has 2 heterocycles. The molecule has 0 atom stereocenters. The monoisotopic (exact) mass is 343 g/mol. The van der Waals surface area contributed by atoms with Gasteiger partial charge in [0.15, 0.2) is 0 Å². The Morgan fingerprint density at radius 1 is 1.29 bits per heavy atom. The van der Waals surface area contributed by atoms with Gasteiger partial charge in [0.2, 0.25) is 0 Å². The van der Waals surface area contributed by atoms with Crippen molar-refractivity contribution < 1.29 is 9.47 Å². The fraction of sp³-hybridized carbons (Fsp3) is 0.235. The number of fused-ring (bicyclic) bond motifs is 1. The van der Waals surface area contributed by atoms with E-state index in [1.165, 1.54) is 22.3 Å². The first kappa shape index (κ1) is 16.2. The molecule has 0 fully saturated rings. The van der Waals surface area contributed by atoms with Crippen LogP contribution in [-0.2, 0) is 6.42 Å². The lowest BCUT2D eigenvalue weighted by atomic mass is 10.2. The molecule has 7 heteroatoms. The molecule has 0 spiro atoms. The Morgan fingerprint density at radius 3 is 2.83 bits per heavy atom. The number of nitrogens with zero attached hydrogens (tertiary/aromatic N) is 3. The summed E-state index contributed by atoms with van der Waals surface area (Å²) in [6.07, 6.45) is 3.89. The molecule has 3 aromatic rings. The number of benzene rings is 1. The van der Waals surface area contributed by atoms with E-state index in [-0.39, 0.29) is 5.56 Å². The Hall–Kier alpha value is -2.67. The first-order chi connectivity index (χ1) is 11.7. The number of ether oxygens (including phenoxy) is 2. The summed E-state index contributed by atoms with van der Waals surface area (Å²) in [4.78, 5) is 18.7. The fourth-order valence-corrected chi connectivity index (χ4v) is 3.19. The zero-order valence-corrected chi connectivity index (χ0v) is 14.5. The lowest BCUT2D eigenvalue weighted by Crippen LogP contribution is -2.16. The second-order valence-corrected chi connectivity index (χ2v) is 6.15. The minimum atomic E-state index is -0.181. The van der Waals surface area contributed by atoms with Crippen LogP contribution in [0.1, 0.15) is 17.4 Å². The molecule has 0 amide bonds. The predicted octanol–water partition coefficient (Wildman–Crippen LogP) is 2.92. The Balaban J connectivity index is 1.99. The van der Waals surface area contributed by atoms with Crippen molar-refractivity contribution in [1.29, 1.82) is 0 Å². The van der Waals surface area contributed by atoms with Gasteiger partial charge in [-0.2, -0.15) is 9.78 Å². The van der Waals surface area contributed by atoms with Gasteiger partial charge >= 0.3 is 0 Å². The molecule has 0 bridgehead atoms. The van der Waals surface area contributed by atoms with Crippen molar-refractivity contribution in [2.75, 3.05) is 14.2 Å². The molecule has 0 unspecified atom stereocenters. The number of thiophene rings is 1. The Labute approximate surface area is 143 Å². The normalized spacial score (nSPS) is 11.3. The number of methoxy groups -OCH3 is 2. The molecule has 0 aliphatic rings. The van der Waals surface area contributed by atoms with E-state index >= 15 is 0 Å². The SMILES string of the molecule is CCc1cc2c(=O)n(/N=C\c3ccc(OC)cc3OC)cnc2s1. The molecule has 24 heavy (non-hydrogen) atoms. The van der Waals surface area contributed by atoms with Crippen LogP contribution in [0.3, 0.4) is 0 Å². The van der Waals surface area contributed by atoms with Crippen LogP contribution in [-0.4, -0.2) is 30.1 Å². The van der Waals surface area contributed by atoms with E-state index in [1.807, 2.05) is 12.1 Å². The number of aryl methyl sites for hydroxylation is 1. The molecule has 124 valence electrons. The Morgan fingerprint density at radius 2 is 2.12 bits per heavy atom. The molecule has 0 radical (unpaired) electrons. The Kier molecular flexibility index (Phi) is 4.61. The average molecular weight is 343 g/mol. The summed E-state index contributed by atoms with van der Waals surface area (Å²) in [7, 11) is 3.16. The lowest BCUT2D eigenvalue weighted by molar-refractivity contribution is 0.394. The molecule has 6 nitrogen and oxygen atoms in total. The maximum absolute atomic E-state index is 12.5. The minimum absolute atomic E-state index is 0.181. The van der Waals surface area contributed by atoms with Crippen molar-refractivity contribution in [1.82, 2.24) is 9.66 Å². The molecule has 0 N–H and O–H groups in total. The van der Waals surface area contributed by atoms with Crippen molar-refractivity contribution in [3.63, 3.8) is 0 Å². The maximum Gasteiger partial charge on any atom is 0.282 e. The van der Waals surface area contributed by atoms with Crippen molar-refractivity contribution in [3.8, 4) is 11.5 Å². The van der Waals surface area contributed by atoms with Gasteiger partial charge in [0.1, 0.15) is 22.7 Å². The van der Waals surface area contributed by atoms with E-state index in [2.05, 4.69) is 17.0 Å². The van der Waals surface area contributed by atoms with E-state index in [4.69, 9.17) is 9.47 Å². The lowest BCUT2D eigenvalue weighted by Gasteiger charge is -2.06. The Bertz CT molecular complexity index is 959. The third kappa shape index (κ3) is 3.03. The highest BCUT2D eigenvalue weighted by Gasteiger charge is 2.08. The van der Waals surface area contributed by atoms with Gasteiger partial charge in [-0.15, -0.1) is 11.3 Å². The highest BCUT2D eigenvalue weighted by molar-refractivity contribution is 7.18. The smallest absolute Gasteiger partial charge is 0.282 e. The van der Waals surface area contributed by atoms with E-state index in [0.717, 1.165) is 21.7 Å². The van der Waals surface area contributed by atoms with Crippen LogP contribution in [0, 0.1) is 0 Å². The van der Waals surface area contributed by atoms with Gasteiger partial charge in [-0.25, -0.2) is 4.98 Å².